The van der Waals surface area contributed by atoms with E-state index in [2.05, 4.69) is 4.72 Å². The van der Waals surface area contributed by atoms with Crippen LogP contribution in [0.5, 0.6) is 0 Å². The van der Waals surface area contributed by atoms with Crippen LogP contribution in [0.1, 0.15) is 18.9 Å². The fraction of sp³-hybridized carbons (Fsp3) is 0.333. The van der Waals surface area contributed by atoms with Crippen LogP contribution in [0.15, 0.2) is 52.1 Å². The van der Waals surface area contributed by atoms with Gasteiger partial charge in [0.15, 0.2) is 0 Å². The molecule has 0 saturated carbocycles. The lowest BCUT2D eigenvalue weighted by Crippen LogP contribution is -2.40. The van der Waals surface area contributed by atoms with E-state index >= 15 is 0 Å². The van der Waals surface area contributed by atoms with Crippen LogP contribution in [0.25, 0.3) is 0 Å². The number of aryl methyl sites for hydroxylation is 1. The molecular weight excluding hydrogens is 306 g/mol. The van der Waals surface area contributed by atoms with Gasteiger partial charge in [0, 0.05) is 6.54 Å². The van der Waals surface area contributed by atoms with Crippen molar-refractivity contribution in [2.24, 2.45) is 0 Å². The Bertz CT molecular complexity index is 649. The number of thiophene rings is 1. The molecule has 1 atom stereocenters. The summed E-state index contributed by atoms with van der Waals surface area (Å²) in [6.45, 7) is 1.65. The van der Waals surface area contributed by atoms with E-state index in [1.807, 2.05) is 30.3 Å². The van der Waals surface area contributed by atoms with Crippen molar-refractivity contribution in [2.75, 3.05) is 6.54 Å². The highest BCUT2D eigenvalue weighted by Crippen LogP contribution is 2.18. The van der Waals surface area contributed by atoms with Gasteiger partial charge in [-0.3, -0.25) is 0 Å². The fourth-order valence-corrected chi connectivity index (χ4v) is 4.08. The van der Waals surface area contributed by atoms with Gasteiger partial charge >= 0.3 is 0 Å². The normalized spacial score (nSPS) is 14.8. The van der Waals surface area contributed by atoms with Gasteiger partial charge in [0.25, 0.3) is 0 Å². The molecule has 0 amide bonds. The number of rotatable bonds is 7. The fourth-order valence-electron chi connectivity index (χ4n) is 1.88. The van der Waals surface area contributed by atoms with Crippen LogP contribution in [0.3, 0.4) is 0 Å². The van der Waals surface area contributed by atoms with Crippen molar-refractivity contribution in [1.82, 2.24) is 4.72 Å². The van der Waals surface area contributed by atoms with Crippen LogP contribution in [-0.2, 0) is 16.4 Å². The van der Waals surface area contributed by atoms with E-state index in [0.717, 1.165) is 16.9 Å². The Morgan fingerprint density at radius 3 is 2.52 bits per heavy atom. The third-order valence-electron chi connectivity index (χ3n) is 3.20. The molecule has 1 aromatic carbocycles. The van der Waals surface area contributed by atoms with Crippen LogP contribution >= 0.6 is 11.3 Å². The molecule has 1 aromatic heterocycles. The molecule has 2 rings (SSSR count). The highest BCUT2D eigenvalue weighted by molar-refractivity contribution is 7.91. The molecule has 1 heterocycles. The molecule has 114 valence electrons. The Morgan fingerprint density at radius 1 is 1.19 bits per heavy atom. The quantitative estimate of drug-likeness (QED) is 0.821. The van der Waals surface area contributed by atoms with Crippen molar-refractivity contribution < 1.29 is 13.5 Å². The molecule has 0 saturated heterocycles. The molecule has 4 nitrogen and oxygen atoms in total. The van der Waals surface area contributed by atoms with Crippen LogP contribution in [-0.4, -0.2) is 25.7 Å². The lowest BCUT2D eigenvalue weighted by atomic mass is 9.97. The summed E-state index contributed by atoms with van der Waals surface area (Å²) < 4.78 is 26.7. The summed E-state index contributed by atoms with van der Waals surface area (Å²) in [4.78, 5) is 0. The zero-order valence-electron chi connectivity index (χ0n) is 11.8. The van der Waals surface area contributed by atoms with E-state index in [1.54, 1.807) is 24.4 Å². The number of hydrogen-bond donors (Lipinski definition) is 2. The largest absolute Gasteiger partial charge is 0.389 e. The van der Waals surface area contributed by atoms with E-state index in [-0.39, 0.29) is 10.8 Å². The Labute approximate surface area is 129 Å². The molecule has 0 aliphatic heterocycles. The van der Waals surface area contributed by atoms with Gasteiger partial charge in [-0.15, -0.1) is 11.3 Å². The van der Waals surface area contributed by atoms with Crippen LogP contribution in [0, 0.1) is 0 Å². The minimum absolute atomic E-state index is 0.0000664. The standard InChI is InChI=1S/C15H19NO3S2/c1-15(17,10-9-13-6-3-2-4-7-13)12-16-21(18,19)14-8-5-11-20-14/h2-8,11,16-17H,9-10,12H2,1H3. The molecular formula is C15H19NO3S2. The predicted octanol–water partition coefficient (Wildman–Crippen LogP) is 2.41. The molecule has 2 N–H and O–H groups in total. The lowest BCUT2D eigenvalue weighted by Gasteiger charge is -2.23. The summed E-state index contributed by atoms with van der Waals surface area (Å²) in [6.07, 6.45) is 1.19. The van der Waals surface area contributed by atoms with Crippen LogP contribution in [0.2, 0.25) is 0 Å². The SMILES string of the molecule is CC(O)(CCc1ccccc1)CNS(=O)(=O)c1cccs1. The molecule has 2 aromatic rings. The molecule has 0 spiro atoms. The summed E-state index contributed by atoms with van der Waals surface area (Å²) in [5, 5.41) is 12.0. The summed E-state index contributed by atoms with van der Waals surface area (Å²) in [6, 6.07) is 13.1. The zero-order valence-corrected chi connectivity index (χ0v) is 13.5. The first kappa shape index (κ1) is 16.2. The number of sulfonamides is 1. The van der Waals surface area contributed by atoms with Gasteiger partial charge in [-0.1, -0.05) is 36.4 Å². The molecule has 0 aliphatic rings. The second-order valence-corrected chi connectivity index (χ2v) is 8.18. The number of nitrogens with one attached hydrogen (secondary N) is 1. The molecule has 6 heteroatoms. The Hall–Kier alpha value is -1.21. The predicted molar refractivity (Wildman–Crippen MR) is 84.9 cm³/mol. The van der Waals surface area contributed by atoms with E-state index in [4.69, 9.17) is 0 Å². The van der Waals surface area contributed by atoms with Crippen LogP contribution in [0.4, 0.5) is 0 Å². The molecule has 0 bridgehead atoms. The minimum atomic E-state index is -3.52. The third-order valence-corrected chi connectivity index (χ3v) is 6.00. The van der Waals surface area contributed by atoms with Gasteiger partial charge in [0.05, 0.1) is 5.60 Å². The van der Waals surface area contributed by atoms with Crippen molar-refractivity contribution >= 4 is 21.4 Å². The van der Waals surface area contributed by atoms with Gasteiger partial charge in [0.1, 0.15) is 4.21 Å². The first-order valence-electron chi connectivity index (χ1n) is 6.69. The van der Waals surface area contributed by atoms with Crippen molar-refractivity contribution in [1.29, 1.82) is 0 Å². The number of hydrogen-bond acceptors (Lipinski definition) is 4. The summed E-state index contributed by atoms with van der Waals surface area (Å²) in [5.41, 5.74) is 0.0408. The first-order valence-corrected chi connectivity index (χ1v) is 9.05. The molecule has 0 aliphatic carbocycles. The van der Waals surface area contributed by atoms with Gasteiger partial charge in [-0.05, 0) is 36.8 Å². The van der Waals surface area contributed by atoms with E-state index in [9.17, 15) is 13.5 Å². The Kier molecular flexibility index (Phi) is 5.16. The van der Waals surface area contributed by atoms with E-state index in [1.165, 1.54) is 0 Å². The molecule has 21 heavy (non-hydrogen) atoms. The number of benzene rings is 1. The van der Waals surface area contributed by atoms with E-state index in [0.29, 0.717) is 12.8 Å². The van der Waals surface area contributed by atoms with Crippen molar-refractivity contribution in [2.45, 2.75) is 29.6 Å². The average Bonchev–Trinajstić information content (AvgIpc) is 3.00. The van der Waals surface area contributed by atoms with Crippen molar-refractivity contribution in [3.63, 3.8) is 0 Å². The van der Waals surface area contributed by atoms with Gasteiger partial charge in [-0.25, -0.2) is 13.1 Å². The second-order valence-electron chi connectivity index (χ2n) is 5.24. The van der Waals surface area contributed by atoms with Crippen molar-refractivity contribution in [3.05, 3.63) is 53.4 Å². The second kappa shape index (κ2) is 6.70. The van der Waals surface area contributed by atoms with Gasteiger partial charge < -0.3 is 5.11 Å². The van der Waals surface area contributed by atoms with Crippen molar-refractivity contribution in [3.8, 4) is 0 Å². The summed E-state index contributed by atoms with van der Waals surface area (Å²) in [7, 11) is -3.52. The highest BCUT2D eigenvalue weighted by Gasteiger charge is 2.24. The number of aliphatic hydroxyl groups is 1. The maximum atomic E-state index is 12.0. The Morgan fingerprint density at radius 2 is 1.90 bits per heavy atom. The average molecular weight is 325 g/mol. The molecule has 1 unspecified atom stereocenters. The zero-order chi connectivity index (χ0) is 15.3. The van der Waals surface area contributed by atoms with Gasteiger partial charge in [0.2, 0.25) is 10.0 Å². The maximum Gasteiger partial charge on any atom is 0.250 e. The van der Waals surface area contributed by atoms with Gasteiger partial charge in [-0.2, -0.15) is 0 Å². The summed E-state index contributed by atoms with van der Waals surface area (Å²) in [5.74, 6) is 0. The molecule has 0 radical (unpaired) electrons. The molecule has 0 fully saturated rings. The lowest BCUT2D eigenvalue weighted by molar-refractivity contribution is 0.0565. The third kappa shape index (κ3) is 4.93. The first-order chi connectivity index (χ1) is 9.89. The van der Waals surface area contributed by atoms with Crippen LogP contribution < -0.4 is 4.72 Å². The minimum Gasteiger partial charge on any atom is -0.389 e. The smallest absolute Gasteiger partial charge is 0.250 e. The highest BCUT2D eigenvalue weighted by atomic mass is 32.2. The monoisotopic (exact) mass is 325 g/mol. The van der Waals surface area contributed by atoms with E-state index < -0.39 is 15.6 Å². The maximum absolute atomic E-state index is 12.0. The Balaban J connectivity index is 1.89. The summed E-state index contributed by atoms with van der Waals surface area (Å²) >= 11 is 1.16. The topological polar surface area (TPSA) is 66.4 Å².